The van der Waals surface area contributed by atoms with Gasteiger partial charge in [0.05, 0.1) is 12.0 Å². The van der Waals surface area contributed by atoms with Gasteiger partial charge in [-0.05, 0) is 33.6 Å². The SMILES string of the molecule is COc1c(C)c(C)c([N+](=O)[O-])c(N)c1C/C=C(\C)CCC(=O)O. The molecule has 7 heteroatoms. The highest BCUT2D eigenvalue weighted by molar-refractivity contribution is 5.74. The Morgan fingerprint density at radius 1 is 1.35 bits per heavy atom. The molecule has 0 spiro atoms. The second-order valence-corrected chi connectivity index (χ2v) is 5.43. The van der Waals surface area contributed by atoms with E-state index in [2.05, 4.69) is 0 Å². The van der Waals surface area contributed by atoms with E-state index >= 15 is 0 Å². The third-order valence-electron chi connectivity index (χ3n) is 3.89. The maximum atomic E-state index is 11.3. The summed E-state index contributed by atoms with van der Waals surface area (Å²) in [5.74, 6) is -0.329. The summed E-state index contributed by atoms with van der Waals surface area (Å²) in [6.07, 6.45) is 2.64. The number of nitrogens with two attached hydrogens (primary N) is 1. The first-order chi connectivity index (χ1) is 10.7. The zero-order chi connectivity index (χ0) is 17.7. The van der Waals surface area contributed by atoms with Gasteiger partial charge in [0.1, 0.15) is 11.4 Å². The number of nitrogen functional groups attached to an aromatic ring is 1. The van der Waals surface area contributed by atoms with Gasteiger partial charge in [0.15, 0.2) is 0 Å². The van der Waals surface area contributed by atoms with E-state index in [1.165, 1.54) is 7.11 Å². The number of carbonyl (C=O) groups is 1. The van der Waals surface area contributed by atoms with E-state index in [1.54, 1.807) is 13.8 Å². The van der Waals surface area contributed by atoms with Crippen LogP contribution in [0.4, 0.5) is 11.4 Å². The number of rotatable bonds is 7. The van der Waals surface area contributed by atoms with Crippen LogP contribution in [0.15, 0.2) is 11.6 Å². The zero-order valence-corrected chi connectivity index (χ0v) is 13.8. The van der Waals surface area contributed by atoms with Crippen LogP contribution in [0.1, 0.15) is 36.5 Å². The molecule has 23 heavy (non-hydrogen) atoms. The molecule has 0 fully saturated rings. The Morgan fingerprint density at radius 2 is 1.96 bits per heavy atom. The van der Waals surface area contributed by atoms with Crippen LogP contribution in [0, 0.1) is 24.0 Å². The van der Waals surface area contributed by atoms with Crippen molar-refractivity contribution in [3.63, 3.8) is 0 Å². The summed E-state index contributed by atoms with van der Waals surface area (Å²) in [5, 5.41) is 20.0. The molecule has 0 amide bonds. The van der Waals surface area contributed by atoms with Crippen LogP contribution < -0.4 is 10.5 Å². The van der Waals surface area contributed by atoms with E-state index in [0.29, 0.717) is 35.3 Å². The number of benzene rings is 1. The minimum absolute atomic E-state index is 0.0437. The summed E-state index contributed by atoms with van der Waals surface area (Å²) < 4.78 is 5.38. The van der Waals surface area contributed by atoms with Gasteiger partial charge >= 0.3 is 5.97 Å². The monoisotopic (exact) mass is 322 g/mol. The minimum Gasteiger partial charge on any atom is -0.496 e. The Labute approximate surface area is 134 Å². The normalized spacial score (nSPS) is 11.4. The first-order valence-electron chi connectivity index (χ1n) is 7.18. The van der Waals surface area contributed by atoms with Gasteiger partial charge in [0, 0.05) is 23.1 Å². The summed E-state index contributed by atoms with van der Waals surface area (Å²) in [7, 11) is 1.50. The predicted molar refractivity (Wildman–Crippen MR) is 87.9 cm³/mol. The highest BCUT2D eigenvalue weighted by atomic mass is 16.6. The molecule has 1 aromatic carbocycles. The molecular formula is C16H22N2O5. The Hall–Kier alpha value is -2.57. The largest absolute Gasteiger partial charge is 0.496 e. The van der Waals surface area contributed by atoms with Crippen molar-refractivity contribution in [2.45, 2.75) is 40.0 Å². The number of nitrogens with zero attached hydrogens (tertiary/aromatic N) is 1. The zero-order valence-electron chi connectivity index (χ0n) is 13.8. The standard InChI is InChI=1S/C16H22N2O5/c1-9(6-8-13(19)20)5-7-12-14(17)15(18(21)22)10(2)11(3)16(12)23-4/h5H,6-8,17H2,1-4H3,(H,19,20)/b9-5+. The van der Waals surface area contributed by atoms with Crippen LogP contribution in [-0.4, -0.2) is 23.1 Å². The fourth-order valence-corrected chi connectivity index (χ4v) is 2.44. The summed E-state index contributed by atoms with van der Waals surface area (Å²) in [6.45, 7) is 5.22. The third-order valence-corrected chi connectivity index (χ3v) is 3.89. The summed E-state index contributed by atoms with van der Waals surface area (Å²) in [5.41, 5.74) is 8.59. The second-order valence-electron chi connectivity index (χ2n) is 5.43. The van der Waals surface area contributed by atoms with Gasteiger partial charge in [-0.15, -0.1) is 0 Å². The topological polar surface area (TPSA) is 116 Å². The Morgan fingerprint density at radius 3 is 2.43 bits per heavy atom. The Kier molecular flexibility index (Phi) is 6.12. The molecular weight excluding hydrogens is 300 g/mol. The quantitative estimate of drug-likeness (QED) is 0.345. The smallest absolute Gasteiger partial charge is 0.303 e. The van der Waals surface area contributed by atoms with Crippen molar-refractivity contribution in [1.82, 2.24) is 0 Å². The number of hydrogen-bond donors (Lipinski definition) is 2. The molecule has 0 saturated carbocycles. The molecule has 0 unspecified atom stereocenters. The third kappa shape index (κ3) is 4.21. The number of ether oxygens (including phenoxy) is 1. The van der Waals surface area contributed by atoms with Gasteiger partial charge < -0.3 is 15.6 Å². The van der Waals surface area contributed by atoms with Crippen molar-refractivity contribution in [2.24, 2.45) is 0 Å². The molecule has 0 aliphatic carbocycles. The van der Waals surface area contributed by atoms with Crippen molar-refractivity contribution in [2.75, 3.05) is 12.8 Å². The maximum absolute atomic E-state index is 11.3. The van der Waals surface area contributed by atoms with Crippen molar-refractivity contribution >= 4 is 17.3 Å². The van der Waals surface area contributed by atoms with E-state index in [4.69, 9.17) is 15.6 Å². The fourth-order valence-electron chi connectivity index (χ4n) is 2.44. The van der Waals surface area contributed by atoms with Gasteiger partial charge in [0.25, 0.3) is 5.69 Å². The van der Waals surface area contributed by atoms with Gasteiger partial charge in [-0.25, -0.2) is 0 Å². The highest BCUT2D eigenvalue weighted by Gasteiger charge is 2.25. The molecule has 0 aliphatic rings. The van der Waals surface area contributed by atoms with Gasteiger partial charge in [0.2, 0.25) is 0 Å². The first-order valence-corrected chi connectivity index (χ1v) is 7.18. The van der Waals surface area contributed by atoms with Crippen molar-refractivity contribution in [1.29, 1.82) is 0 Å². The summed E-state index contributed by atoms with van der Waals surface area (Å²) in [6, 6.07) is 0. The van der Waals surface area contributed by atoms with Crippen LogP contribution in [0.5, 0.6) is 5.75 Å². The number of methoxy groups -OCH3 is 1. The number of nitro benzene ring substituents is 1. The molecule has 126 valence electrons. The average molecular weight is 322 g/mol. The number of nitro groups is 1. The molecule has 0 saturated heterocycles. The average Bonchev–Trinajstić information content (AvgIpc) is 2.47. The van der Waals surface area contributed by atoms with Crippen molar-refractivity contribution < 1.29 is 19.6 Å². The molecule has 1 aromatic rings. The van der Waals surface area contributed by atoms with Crippen LogP contribution in [0.25, 0.3) is 0 Å². The van der Waals surface area contributed by atoms with Crippen LogP contribution in [-0.2, 0) is 11.2 Å². The molecule has 0 aliphatic heterocycles. The van der Waals surface area contributed by atoms with Gasteiger partial charge in [-0.2, -0.15) is 0 Å². The van der Waals surface area contributed by atoms with Gasteiger partial charge in [-0.1, -0.05) is 11.6 Å². The number of carboxylic acids is 1. The number of hydrogen-bond acceptors (Lipinski definition) is 5. The maximum Gasteiger partial charge on any atom is 0.303 e. The van der Waals surface area contributed by atoms with Crippen molar-refractivity contribution in [3.05, 3.63) is 38.5 Å². The van der Waals surface area contributed by atoms with Crippen LogP contribution in [0.3, 0.4) is 0 Å². The lowest BCUT2D eigenvalue weighted by Gasteiger charge is -2.16. The number of aliphatic carboxylic acids is 1. The second kappa shape index (κ2) is 7.62. The van der Waals surface area contributed by atoms with Crippen molar-refractivity contribution in [3.8, 4) is 5.75 Å². The van der Waals surface area contributed by atoms with Crippen LogP contribution >= 0.6 is 0 Å². The van der Waals surface area contributed by atoms with E-state index < -0.39 is 10.9 Å². The summed E-state index contributed by atoms with van der Waals surface area (Å²) >= 11 is 0. The molecule has 0 heterocycles. The summed E-state index contributed by atoms with van der Waals surface area (Å²) in [4.78, 5) is 21.4. The molecule has 0 atom stereocenters. The molecule has 7 nitrogen and oxygen atoms in total. The van der Waals surface area contributed by atoms with Gasteiger partial charge in [-0.3, -0.25) is 14.9 Å². The Balaban J connectivity index is 3.27. The highest BCUT2D eigenvalue weighted by Crippen LogP contribution is 2.40. The van der Waals surface area contributed by atoms with Crippen LogP contribution in [0.2, 0.25) is 0 Å². The van der Waals surface area contributed by atoms with E-state index in [0.717, 1.165) is 5.57 Å². The minimum atomic E-state index is -0.864. The first kappa shape index (κ1) is 18.5. The van der Waals surface area contributed by atoms with E-state index in [9.17, 15) is 14.9 Å². The molecule has 1 rings (SSSR count). The number of carboxylic acid groups (broad SMARTS) is 1. The number of allylic oxidation sites excluding steroid dienone is 2. The fraction of sp³-hybridized carbons (Fsp3) is 0.438. The number of anilines is 1. The predicted octanol–water partition coefficient (Wildman–Crippen LogP) is 3.16. The lowest BCUT2D eigenvalue weighted by Crippen LogP contribution is -2.07. The lowest BCUT2D eigenvalue weighted by molar-refractivity contribution is -0.384. The lowest BCUT2D eigenvalue weighted by atomic mass is 9.96. The molecule has 0 radical (unpaired) electrons. The molecule has 3 N–H and O–H groups in total. The van der Waals surface area contributed by atoms with E-state index in [-0.39, 0.29) is 17.8 Å². The molecule has 0 bridgehead atoms. The molecule has 0 aromatic heterocycles. The van der Waals surface area contributed by atoms with E-state index in [1.807, 2.05) is 13.0 Å². The Bertz CT molecular complexity index is 665.